The summed E-state index contributed by atoms with van der Waals surface area (Å²) in [6.45, 7) is -1.29. The van der Waals surface area contributed by atoms with Gasteiger partial charge in [0.2, 0.25) is 5.95 Å². The number of hydrogen-bond donors (Lipinski definition) is 1. The van der Waals surface area contributed by atoms with Crippen LogP contribution in [0.4, 0.5) is 19.1 Å². The summed E-state index contributed by atoms with van der Waals surface area (Å²) in [7, 11) is 1.54. The lowest BCUT2D eigenvalue weighted by molar-refractivity contribution is -0.115. The Morgan fingerprint density at radius 3 is 2.41 bits per heavy atom. The Hall–Kier alpha value is -3.59. The monoisotopic (exact) mass is 460 g/mol. The third-order valence-corrected chi connectivity index (χ3v) is 4.94. The molecular weight excluding hydrogens is 445 g/mol. The molecule has 0 saturated heterocycles. The summed E-state index contributed by atoms with van der Waals surface area (Å²) in [6.07, 6.45) is -1.51. The van der Waals surface area contributed by atoms with E-state index in [4.69, 9.17) is 16.3 Å². The number of aromatic nitrogens is 3. The zero-order valence-corrected chi connectivity index (χ0v) is 17.4. The second kappa shape index (κ2) is 8.51. The van der Waals surface area contributed by atoms with E-state index in [1.54, 1.807) is 54.7 Å². The molecule has 2 heterocycles. The van der Waals surface area contributed by atoms with Crippen LogP contribution >= 0.6 is 11.6 Å². The van der Waals surface area contributed by atoms with E-state index in [0.717, 1.165) is 0 Å². The number of halogens is 4. The van der Waals surface area contributed by atoms with Crippen LogP contribution in [0, 0.1) is 0 Å². The lowest BCUT2D eigenvalue weighted by Gasteiger charge is -2.14. The van der Waals surface area contributed by atoms with Gasteiger partial charge in [-0.3, -0.25) is 9.36 Å². The van der Waals surface area contributed by atoms with Gasteiger partial charge in [0.25, 0.3) is 5.56 Å². The first-order chi connectivity index (χ1) is 15.2. The van der Waals surface area contributed by atoms with Crippen LogP contribution < -0.4 is 15.6 Å². The van der Waals surface area contributed by atoms with Gasteiger partial charge in [0.15, 0.2) is 0 Å². The third kappa shape index (κ3) is 4.52. The number of fused-ring (bicyclic) bond motifs is 1. The van der Waals surface area contributed by atoms with Crippen molar-refractivity contribution in [3.05, 3.63) is 76.3 Å². The van der Waals surface area contributed by atoms with E-state index in [-0.39, 0.29) is 17.0 Å². The molecule has 0 aliphatic carbocycles. The number of pyridine rings is 1. The number of methoxy groups -OCH3 is 1. The van der Waals surface area contributed by atoms with Crippen molar-refractivity contribution in [1.29, 1.82) is 0 Å². The van der Waals surface area contributed by atoms with Crippen LogP contribution in [0.5, 0.6) is 5.75 Å². The third-order valence-electron chi connectivity index (χ3n) is 4.69. The highest BCUT2D eigenvalue weighted by Crippen LogP contribution is 2.27. The predicted molar refractivity (Wildman–Crippen MR) is 117 cm³/mol. The molecule has 32 heavy (non-hydrogen) atoms. The standard InChI is InChI=1S/C22H16ClF3N4O2/c1-32-17-8-6-16(7-9-17)30-11-14-10-27-21(28-12-22(24,25)26)29-19(14)18(20(30)31)13-2-4-15(23)5-3-13/h2-11H,12H2,1H3,(H,28,29). The van der Waals surface area contributed by atoms with E-state index in [1.165, 1.54) is 17.9 Å². The zero-order chi connectivity index (χ0) is 22.9. The van der Waals surface area contributed by atoms with Crippen LogP contribution in [0.15, 0.2) is 65.7 Å². The lowest BCUT2D eigenvalue weighted by Crippen LogP contribution is -2.23. The van der Waals surface area contributed by atoms with Crippen molar-refractivity contribution in [3.8, 4) is 22.6 Å². The molecular formula is C22H16ClF3N4O2. The Balaban J connectivity index is 1.93. The highest BCUT2D eigenvalue weighted by Gasteiger charge is 2.27. The van der Waals surface area contributed by atoms with Crippen molar-refractivity contribution in [1.82, 2.24) is 14.5 Å². The van der Waals surface area contributed by atoms with Crippen molar-refractivity contribution in [2.24, 2.45) is 0 Å². The minimum atomic E-state index is -4.44. The molecule has 164 valence electrons. The van der Waals surface area contributed by atoms with Gasteiger partial charge in [-0.25, -0.2) is 9.97 Å². The molecule has 10 heteroatoms. The summed E-state index contributed by atoms with van der Waals surface area (Å²) in [5, 5.41) is 3.11. The van der Waals surface area contributed by atoms with Gasteiger partial charge in [0.05, 0.1) is 18.2 Å². The molecule has 6 nitrogen and oxygen atoms in total. The van der Waals surface area contributed by atoms with E-state index >= 15 is 0 Å². The number of ether oxygens (including phenoxy) is 1. The second-order valence-corrected chi connectivity index (χ2v) is 7.29. The average molecular weight is 461 g/mol. The fraction of sp³-hybridized carbons (Fsp3) is 0.136. The second-order valence-electron chi connectivity index (χ2n) is 6.85. The molecule has 2 aromatic heterocycles. The summed E-state index contributed by atoms with van der Waals surface area (Å²) in [4.78, 5) is 21.7. The number of rotatable bonds is 5. The SMILES string of the molecule is COc1ccc(-n2cc3cnc(NCC(F)(F)F)nc3c(-c3ccc(Cl)cc3)c2=O)cc1. The topological polar surface area (TPSA) is 69.0 Å². The molecule has 0 unspecified atom stereocenters. The quantitative estimate of drug-likeness (QED) is 0.449. The molecule has 1 N–H and O–H groups in total. The molecule has 4 rings (SSSR count). The Labute approximate surface area is 185 Å². The maximum Gasteiger partial charge on any atom is 0.405 e. The summed E-state index contributed by atoms with van der Waals surface area (Å²) >= 11 is 5.98. The van der Waals surface area contributed by atoms with Gasteiger partial charge >= 0.3 is 6.18 Å². The first-order valence-electron chi connectivity index (χ1n) is 9.38. The van der Waals surface area contributed by atoms with Gasteiger partial charge in [-0.2, -0.15) is 13.2 Å². The molecule has 2 aromatic carbocycles. The van der Waals surface area contributed by atoms with Crippen LogP contribution in [-0.4, -0.2) is 34.4 Å². The first kappa shape index (κ1) is 21.6. The Kier molecular flexibility index (Phi) is 5.75. The van der Waals surface area contributed by atoms with Gasteiger partial charge in [-0.15, -0.1) is 0 Å². The molecule has 0 fully saturated rings. The highest BCUT2D eigenvalue weighted by molar-refractivity contribution is 6.30. The van der Waals surface area contributed by atoms with Crippen molar-refractivity contribution in [2.45, 2.75) is 6.18 Å². The fourth-order valence-corrected chi connectivity index (χ4v) is 3.31. The van der Waals surface area contributed by atoms with E-state index in [0.29, 0.717) is 27.4 Å². The number of benzene rings is 2. The van der Waals surface area contributed by atoms with Gasteiger partial charge in [-0.05, 0) is 42.0 Å². The van der Waals surface area contributed by atoms with Gasteiger partial charge < -0.3 is 10.1 Å². The van der Waals surface area contributed by atoms with Crippen molar-refractivity contribution < 1.29 is 17.9 Å². The Bertz CT molecular complexity index is 1320. The molecule has 4 aromatic rings. The maximum atomic E-state index is 13.5. The number of hydrogen-bond acceptors (Lipinski definition) is 5. The molecule has 0 radical (unpaired) electrons. The van der Waals surface area contributed by atoms with Crippen LogP contribution in [-0.2, 0) is 0 Å². The highest BCUT2D eigenvalue weighted by atomic mass is 35.5. The van der Waals surface area contributed by atoms with E-state index < -0.39 is 18.3 Å². The van der Waals surface area contributed by atoms with Crippen LogP contribution in [0.2, 0.25) is 5.02 Å². The van der Waals surface area contributed by atoms with Gasteiger partial charge in [0, 0.05) is 28.5 Å². The molecule has 0 spiro atoms. The van der Waals surface area contributed by atoms with Crippen molar-refractivity contribution in [2.75, 3.05) is 19.0 Å². The minimum absolute atomic E-state index is 0.215. The first-order valence-corrected chi connectivity index (χ1v) is 9.76. The average Bonchev–Trinajstić information content (AvgIpc) is 2.78. The Morgan fingerprint density at radius 2 is 1.78 bits per heavy atom. The lowest BCUT2D eigenvalue weighted by atomic mass is 10.0. The molecule has 0 saturated carbocycles. The summed E-state index contributed by atoms with van der Waals surface area (Å²) in [6, 6.07) is 13.4. The molecule has 0 atom stereocenters. The number of nitrogens with zero attached hydrogens (tertiary/aromatic N) is 3. The summed E-state index contributed by atoms with van der Waals surface area (Å²) in [5.41, 5.74) is 1.14. The molecule has 0 bridgehead atoms. The summed E-state index contributed by atoms with van der Waals surface area (Å²) in [5.74, 6) is 0.399. The van der Waals surface area contributed by atoms with E-state index in [9.17, 15) is 18.0 Å². The normalized spacial score (nSPS) is 11.5. The zero-order valence-electron chi connectivity index (χ0n) is 16.7. The predicted octanol–water partition coefficient (Wildman–Crippen LogP) is 5.08. The molecule has 0 aliphatic heterocycles. The van der Waals surface area contributed by atoms with Crippen LogP contribution in [0.1, 0.15) is 0 Å². The van der Waals surface area contributed by atoms with Crippen molar-refractivity contribution in [3.63, 3.8) is 0 Å². The number of nitrogens with one attached hydrogen (secondary N) is 1. The van der Waals surface area contributed by atoms with E-state index in [1.807, 2.05) is 0 Å². The van der Waals surface area contributed by atoms with Crippen LogP contribution in [0.25, 0.3) is 27.7 Å². The largest absolute Gasteiger partial charge is 0.497 e. The van der Waals surface area contributed by atoms with Gasteiger partial charge in [0.1, 0.15) is 12.3 Å². The number of anilines is 1. The smallest absolute Gasteiger partial charge is 0.405 e. The van der Waals surface area contributed by atoms with Crippen LogP contribution in [0.3, 0.4) is 0 Å². The fourth-order valence-electron chi connectivity index (χ4n) is 3.18. The molecule has 0 amide bonds. The minimum Gasteiger partial charge on any atom is -0.497 e. The Morgan fingerprint density at radius 1 is 1.09 bits per heavy atom. The maximum absolute atomic E-state index is 13.5. The van der Waals surface area contributed by atoms with E-state index in [2.05, 4.69) is 15.3 Å². The van der Waals surface area contributed by atoms with Crippen molar-refractivity contribution >= 4 is 28.5 Å². The number of alkyl halides is 3. The molecule has 0 aliphatic rings. The summed E-state index contributed by atoms with van der Waals surface area (Å²) < 4.78 is 44.4. The van der Waals surface area contributed by atoms with Gasteiger partial charge in [-0.1, -0.05) is 23.7 Å².